The van der Waals surface area contributed by atoms with Crippen LogP contribution in [0.15, 0.2) is 0 Å². The van der Waals surface area contributed by atoms with Crippen molar-refractivity contribution in [2.75, 3.05) is 0 Å². The standard InChI is InChI=1S/3C3H2O2.Na.H2S/c3*1-2-3(4)5;;/h3*1H,(H,4,5);;1H2/q;;;+1;/p-1. The zero-order valence-electron chi connectivity index (χ0n) is 8.76. The van der Waals surface area contributed by atoms with Gasteiger partial charge in [-0.1, -0.05) is 5.92 Å². The molecule has 0 saturated heterocycles. The monoisotopic (exact) mass is 266 g/mol. The van der Waals surface area contributed by atoms with Crippen LogP contribution in [0.4, 0.5) is 0 Å². The minimum atomic E-state index is -1.47. The number of terminal acetylenes is 3. The van der Waals surface area contributed by atoms with Gasteiger partial charge in [0.25, 0.3) is 0 Å². The van der Waals surface area contributed by atoms with Crippen LogP contribution in [-0.2, 0) is 14.4 Å². The molecule has 6 nitrogen and oxygen atoms in total. The van der Waals surface area contributed by atoms with Crippen molar-refractivity contribution in [2.24, 2.45) is 0 Å². The number of carboxylic acid groups (broad SMARTS) is 3. The van der Waals surface area contributed by atoms with E-state index in [4.69, 9.17) is 29.7 Å². The van der Waals surface area contributed by atoms with Gasteiger partial charge in [-0.3, -0.25) is 0 Å². The van der Waals surface area contributed by atoms with Crippen LogP contribution >= 0.6 is 13.5 Å². The summed E-state index contributed by atoms with van der Waals surface area (Å²) in [5.74, 6) is 0.319. The van der Waals surface area contributed by atoms with E-state index in [9.17, 15) is 0 Å². The van der Waals surface area contributed by atoms with Gasteiger partial charge in [0.15, 0.2) is 0 Å². The van der Waals surface area contributed by atoms with Gasteiger partial charge < -0.3 is 20.1 Å². The van der Waals surface area contributed by atoms with Crippen LogP contribution in [0.3, 0.4) is 0 Å². The summed E-state index contributed by atoms with van der Waals surface area (Å²) in [6.07, 6.45) is 12.9. The molecule has 8 heteroatoms. The Balaban J connectivity index is -0.0000000400. The zero-order chi connectivity index (χ0) is 12.9. The van der Waals surface area contributed by atoms with E-state index in [1.165, 1.54) is 17.8 Å². The van der Waals surface area contributed by atoms with Gasteiger partial charge in [-0.05, 0) is 0 Å². The van der Waals surface area contributed by atoms with Crippen LogP contribution in [-0.4, -0.2) is 28.1 Å². The Morgan fingerprint density at radius 3 is 1.00 bits per heavy atom. The molecule has 0 radical (unpaired) electrons. The third kappa shape index (κ3) is 113. The van der Waals surface area contributed by atoms with E-state index in [0.717, 1.165) is 0 Å². The predicted octanol–water partition coefficient (Wildman–Crippen LogP) is -5.11. The normalized spacial score (nSPS) is 4.76. The van der Waals surface area contributed by atoms with Gasteiger partial charge >= 0.3 is 41.5 Å². The molecule has 0 fully saturated rings. The largest absolute Gasteiger partial charge is 1.00 e. The van der Waals surface area contributed by atoms with Crippen LogP contribution in [0.1, 0.15) is 0 Å². The molecule has 0 amide bonds. The van der Waals surface area contributed by atoms with Crippen molar-refractivity contribution in [3.63, 3.8) is 0 Å². The first kappa shape index (κ1) is 29.5. The first-order chi connectivity index (χ1) is 6.81. The molecule has 0 bridgehead atoms. The van der Waals surface area contributed by atoms with Crippen LogP contribution in [0.25, 0.3) is 0 Å². The summed E-state index contributed by atoms with van der Waals surface area (Å²) in [7, 11) is 0. The predicted molar refractivity (Wildman–Crippen MR) is 57.2 cm³/mol. The molecule has 86 valence electrons. The molecule has 2 N–H and O–H groups in total. The van der Waals surface area contributed by atoms with Gasteiger partial charge in [0.05, 0.1) is 0 Å². The second kappa shape index (κ2) is 23.9. The first-order valence-electron chi connectivity index (χ1n) is 2.88. The first-order valence-corrected chi connectivity index (χ1v) is 2.88. The van der Waals surface area contributed by atoms with Gasteiger partial charge in [-0.15, -0.1) is 19.3 Å². The third-order valence-corrected chi connectivity index (χ3v) is 0.365. The average Bonchev–Trinajstić information content (AvgIpc) is 2.19. The Bertz CT molecular complexity index is 300. The topological polar surface area (TPSA) is 115 Å². The van der Waals surface area contributed by atoms with E-state index >= 15 is 0 Å². The van der Waals surface area contributed by atoms with Crippen molar-refractivity contribution in [3.05, 3.63) is 0 Å². The number of carbonyl (C=O) groups is 3. The quantitative estimate of drug-likeness (QED) is 0.335. The van der Waals surface area contributed by atoms with Crippen LogP contribution in [0.5, 0.6) is 0 Å². The van der Waals surface area contributed by atoms with E-state index in [1.807, 2.05) is 0 Å². The SMILES string of the molecule is C#CC(=O)O.C#CC(=O)O.C#CC(=O)[O-].S.[Na+]. The zero-order valence-corrected chi connectivity index (χ0v) is 11.8. The summed E-state index contributed by atoms with van der Waals surface area (Å²) in [4.78, 5) is 27.3. The number of hydrogen-bond acceptors (Lipinski definition) is 4. The maximum absolute atomic E-state index is 9.13. The fourth-order valence-electron chi connectivity index (χ4n) is 0. The maximum atomic E-state index is 9.13. The summed E-state index contributed by atoms with van der Waals surface area (Å²) in [6, 6.07) is 0. The Kier molecular flexibility index (Phi) is 41.6. The molecule has 0 aromatic heterocycles. The van der Waals surface area contributed by atoms with Crippen molar-refractivity contribution < 1.29 is 59.3 Å². The van der Waals surface area contributed by atoms with Crippen LogP contribution in [0, 0.1) is 37.0 Å². The summed E-state index contributed by atoms with van der Waals surface area (Å²) in [5, 5.41) is 24.0. The molecule has 0 aromatic carbocycles. The summed E-state index contributed by atoms with van der Waals surface area (Å²) in [5.41, 5.74) is 0. The third-order valence-electron chi connectivity index (χ3n) is 0.365. The van der Waals surface area contributed by atoms with Crippen molar-refractivity contribution in [1.82, 2.24) is 0 Å². The van der Waals surface area contributed by atoms with E-state index in [-0.39, 0.29) is 43.1 Å². The number of rotatable bonds is 0. The second-order valence-corrected chi connectivity index (χ2v) is 1.33. The molecule has 0 aliphatic rings. The molecule has 0 aromatic rings. The van der Waals surface area contributed by atoms with Gasteiger partial charge in [0.1, 0.15) is 5.97 Å². The molecule has 17 heavy (non-hydrogen) atoms. The molecular weight excluding hydrogens is 259 g/mol. The van der Waals surface area contributed by atoms with Gasteiger partial charge in [0.2, 0.25) is 0 Å². The number of aliphatic carboxylic acids is 3. The van der Waals surface area contributed by atoms with E-state index in [1.54, 1.807) is 0 Å². The summed E-state index contributed by atoms with van der Waals surface area (Å²) in [6.45, 7) is 0. The van der Waals surface area contributed by atoms with Crippen molar-refractivity contribution >= 4 is 31.4 Å². The fraction of sp³-hybridized carbons (Fsp3) is 0. The number of carbonyl (C=O) groups excluding carboxylic acids is 1. The number of carboxylic acids is 3. The Morgan fingerprint density at radius 2 is 1.00 bits per heavy atom. The Morgan fingerprint density at radius 1 is 0.882 bits per heavy atom. The van der Waals surface area contributed by atoms with Gasteiger partial charge in [-0.2, -0.15) is 13.5 Å². The molecule has 0 heterocycles. The van der Waals surface area contributed by atoms with Gasteiger partial charge in [-0.25, -0.2) is 9.59 Å². The van der Waals surface area contributed by atoms with E-state index in [0.29, 0.717) is 0 Å². The second-order valence-electron chi connectivity index (χ2n) is 1.33. The smallest absolute Gasteiger partial charge is 0.537 e. The van der Waals surface area contributed by atoms with Crippen molar-refractivity contribution in [1.29, 1.82) is 0 Å². The Hall–Kier alpha value is -1.56. The van der Waals surface area contributed by atoms with Gasteiger partial charge in [0, 0.05) is 11.8 Å². The minimum Gasteiger partial charge on any atom is -0.537 e. The summed E-state index contributed by atoms with van der Waals surface area (Å²) >= 11 is 0. The van der Waals surface area contributed by atoms with Crippen molar-refractivity contribution in [2.45, 2.75) is 0 Å². The van der Waals surface area contributed by atoms with E-state index < -0.39 is 17.9 Å². The molecule has 0 aliphatic heterocycles. The van der Waals surface area contributed by atoms with E-state index in [2.05, 4.69) is 19.3 Å². The number of hydrogen-bond donors (Lipinski definition) is 2. The molecule has 0 spiro atoms. The molecule has 0 aliphatic carbocycles. The average molecular weight is 266 g/mol. The minimum absolute atomic E-state index is 0. The molecule has 0 rings (SSSR count). The molecule has 0 atom stereocenters. The molecule has 0 saturated carbocycles. The summed E-state index contributed by atoms with van der Waals surface area (Å²) < 4.78 is 0. The fourth-order valence-corrected chi connectivity index (χ4v) is 0. The van der Waals surface area contributed by atoms with Crippen LogP contribution in [0.2, 0.25) is 0 Å². The molecular formula is C9H7NaO6S. The maximum Gasteiger partial charge on any atom is 1.00 e. The van der Waals surface area contributed by atoms with Crippen molar-refractivity contribution in [3.8, 4) is 37.0 Å². The molecule has 0 unspecified atom stereocenters. The Labute approximate surface area is 127 Å². The van der Waals surface area contributed by atoms with Crippen LogP contribution < -0.4 is 34.7 Å².